The Hall–Kier alpha value is -3.28. The van der Waals surface area contributed by atoms with Crippen LogP contribution in [-0.2, 0) is 6.54 Å². The third kappa shape index (κ3) is 5.11. The molecule has 0 saturated carbocycles. The SMILES string of the molecule is COc1cccc(-c2cnc(-c3ccncc3)nc2C2CCN(Cc3ccc(Cl)cc3)CC2)c1. The van der Waals surface area contributed by atoms with Crippen molar-refractivity contribution in [1.82, 2.24) is 19.9 Å². The lowest BCUT2D eigenvalue weighted by Crippen LogP contribution is -2.33. The van der Waals surface area contributed by atoms with E-state index in [-0.39, 0.29) is 0 Å². The van der Waals surface area contributed by atoms with Crippen molar-refractivity contribution in [3.05, 3.63) is 95.5 Å². The van der Waals surface area contributed by atoms with Crippen molar-refractivity contribution in [2.75, 3.05) is 20.2 Å². The molecule has 1 aliphatic heterocycles. The van der Waals surface area contributed by atoms with Crippen molar-refractivity contribution in [3.63, 3.8) is 0 Å². The zero-order valence-corrected chi connectivity index (χ0v) is 19.9. The predicted octanol–water partition coefficient (Wildman–Crippen LogP) is 6.25. The van der Waals surface area contributed by atoms with Gasteiger partial charge in [-0.15, -0.1) is 0 Å². The molecular weight excluding hydrogens is 444 g/mol. The van der Waals surface area contributed by atoms with Crippen LogP contribution in [0.5, 0.6) is 5.75 Å². The monoisotopic (exact) mass is 470 g/mol. The Morgan fingerprint density at radius 3 is 2.47 bits per heavy atom. The molecule has 1 fully saturated rings. The molecule has 0 spiro atoms. The van der Waals surface area contributed by atoms with Gasteiger partial charge in [0.1, 0.15) is 5.75 Å². The highest BCUT2D eigenvalue weighted by Crippen LogP contribution is 2.36. The molecule has 1 aliphatic rings. The molecule has 34 heavy (non-hydrogen) atoms. The smallest absolute Gasteiger partial charge is 0.159 e. The molecule has 0 bridgehead atoms. The molecule has 0 N–H and O–H groups in total. The van der Waals surface area contributed by atoms with Gasteiger partial charge in [0.2, 0.25) is 0 Å². The van der Waals surface area contributed by atoms with E-state index in [1.54, 1.807) is 19.5 Å². The van der Waals surface area contributed by atoms with Crippen LogP contribution in [0.1, 0.15) is 30.0 Å². The Morgan fingerprint density at radius 1 is 0.971 bits per heavy atom. The first-order chi connectivity index (χ1) is 16.7. The maximum absolute atomic E-state index is 6.05. The third-order valence-electron chi connectivity index (χ3n) is 6.43. The lowest BCUT2D eigenvalue weighted by Gasteiger charge is -2.32. The van der Waals surface area contributed by atoms with Gasteiger partial charge in [-0.3, -0.25) is 9.88 Å². The standard InChI is InChI=1S/C28H27ClN4O/c1-34-25-4-2-3-23(17-25)26-18-31-28(22-9-13-30-14-10-22)32-27(26)21-11-15-33(16-12-21)19-20-5-7-24(29)8-6-20/h2-10,13-14,17-18,21H,11-12,15-16,19H2,1H3. The van der Waals surface area contributed by atoms with Crippen molar-refractivity contribution in [2.45, 2.75) is 25.3 Å². The summed E-state index contributed by atoms with van der Waals surface area (Å²) in [4.78, 5) is 16.5. The van der Waals surface area contributed by atoms with Crippen LogP contribution in [0.3, 0.4) is 0 Å². The van der Waals surface area contributed by atoms with Crippen LogP contribution in [0.2, 0.25) is 5.02 Å². The van der Waals surface area contributed by atoms with Crippen molar-refractivity contribution < 1.29 is 4.74 Å². The van der Waals surface area contributed by atoms with Crippen molar-refractivity contribution >= 4 is 11.6 Å². The number of methoxy groups -OCH3 is 1. The van der Waals surface area contributed by atoms with E-state index in [2.05, 4.69) is 34.1 Å². The topological polar surface area (TPSA) is 51.1 Å². The molecule has 0 aliphatic carbocycles. The summed E-state index contributed by atoms with van der Waals surface area (Å²) in [5, 5.41) is 0.779. The second-order valence-electron chi connectivity index (χ2n) is 8.64. The predicted molar refractivity (Wildman–Crippen MR) is 136 cm³/mol. The molecule has 2 aromatic heterocycles. The molecule has 3 heterocycles. The van der Waals surface area contributed by atoms with E-state index in [0.29, 0.717) is 5.92 Å². The average Bonchev–Trinajstić information content (AvgIpc) is 2.91. The first kappa shape index (κ1) is 22.5. The van der Waals surface area contributed by atoms with E-state index in [0.717, 1.165) is 71.5 Å². The quantitative estimate of drug-likeness (QED) is 0.333. The van der Waals surface area contributed by atoms with Gasteiger partial charge in [-0.2, -0.15) is 0 Å². The van der Waals surface area contributed by atoms with Gasteiger partial charge in [0, 0.05) is 47.2 Å². The highest BCUT2D eigenvalue weighted by Gasteiger charge is 2.25. The Balaban J connectivity index is 1.42. The Kier molecular flexibility index (Phi) is 6.84. The molecule has 6 heteroatoms. The summed E-state index contributed by atoms with van der Waals surface area (Å²) < 4.78 is 5.47. The summed E-state index contributed by atoms with van der Waals surface area (Å²) in [6, 6.07) is 20.2. The zero-order valence-electron chi connectivity index (χ0n) is 19.2. The molecule has 1 saturated heterocycles. The van der Waals surface area contributed by atoms with Crippen LogP contribution >= 0.6 is 11.6 Å². The number of hydrogen-bond acceptors (Lipinski definition) is 5. The zero-order chi connectivity index (χ0) is 23.3. The second kappa shape index (κ2) is 10.3. The van der Waals surface area contributed by atoms with Crippen LogP contribution in [0, 0.1) is 0 Å². The fourth-order valence-corrected chi connectivity index (χ4v) is 4.70. The summed E-state index contributed by atoms with van der Waals surface area (Å²) in [7, 11) is 1.69. The molecule has 0 unspecified atom stereocenters. The first-order valence-corrected chi connectivity index (χ1v) is 12.0. The largest absolute Gasteiger partial charge is 0.497 e. The van der Waals surface area contributed by atoms with Crippen LogP contribution in [0.4, 0.5) is 0 Å². The Labute approximate surface area is 205 Å². The molecule has 2 aromatic carbocycles. The van der Waals surface area contributed by atoms with Gasteiger partial charge in [-0.1, -0.05) is 35.9 Å². The third-order valence-corrected chi connectivity index (χ3v) is 6.68. The molecule has 4 aromatic rings. The van der Waals surface area contributed by atoms with Crippen molar-refractivity contribution in [2.24, 2.45) is 0 Å². The first-order valence-electron chi connectivity index (χ1n) is 11.6. The highest BCUT2D eigenvalue weighted by molar-refractivity contribution is 6.30. The molecular formula is C28H27ClN4O. The average molecular weight is 471 g/mol. The number of halogens is 1. The molecule has 0 amide bonds. The Bertz CT molecular complexity index is 1240. The van der Waals surface area contributed by atoms with E-state index < -0.39 is 0 Å². The van der Waals surface area contributed by atoms with Crippen LogP contribution < -0.4 is 4.74 Å². The summed E-state index contributed by atoms with van der Waals surface area (Å²) in [5.41, 5.74) is 5.55. The van der Waals surface area contributed by atoms with E-state index in [9.17, 15) is 0 Å². The number of piperidine rings is 1. The number of benzene rings is 2. The fraction of sp³-hybridized carbons (Fsp3) is 0.250. The van der Waals surface area contributed by atoms with Gasteiger partial charge in [0.15, 0.2) is 5.82 Å². The number of aromatic nitrogens is 3. The normalized spacial score (nSPS) is 14.8. The Morgan fingerprint density at radius 2 is 1.74 bits per heavy atom. The molecule has 172 valence electrons. The van der Waals surface area contributed by atoms with Crippen molar-refractivity contribution in [1.29, 1.82) is 0 Å². The number of pyridine rings is 1. The lowest BCUT2D eigenvalue weighted by atomic mass is 9.88. The van der Waals surface area contributed by atoms with Gasteiger partial charge >= 0.3 is 0 Å². The van der Waals surface area contributed by atoms with E-state index in [1.165, 1.54) is 5.56 Å². The summed E-state index contributed by atoms with van der Waals surface area (Å²) in [6.07, 6.45) is 7.63. The number of rotatable bonds is 6. The number of nitrogens with zero attached hydrogens (tertiary/aromatic N) is 4. The van der Waals surface area contributed by atoms with Gasteiger partial charge in [0.25, 0.3) is 0 Å². The van der Waals surface area contributed by atoms with Gasteiger partial charge < -0.3 is 4.74 Å². The van der Waals surface area contributed by atoms with Gasteiger partial charge in [0.05, 0.1) is 12.8 Å². The highest BCUT2D eigenvalue weighted by atomic mass is 35.5. The van der Waals surface area contributed by atoms with Crippen LogP contribution in [0.15, 0.2) is 79.3 Å². The molecule has 0 radical (unpaired) electrons. The lowest BCUT2D eigenvalue weighted by molar-refractivity contribution is 0.203. The summed E-state index contributed by atoms with van der Waals surface area (Å²) in [5.74, 6) is 1.94. The van der Waals surface area contributed by atoms with Crippen molar-refractivity contribution in [3.8, 4) is 28.3 Å². The molecule has 0 atom stereocenters. The molecule has 5 rings (SSSR count). The van der Waals surface area contributed by atoms with Crippen LogP contribution in [-0.4, -0.2) is 40.1 Å². The maximum atomic E-state index is 6.05. The van der Waals surface area contributed by atoms with Gasteiger partial charge in [-0.25, -0.2) is 9.97 Å². The maximum Gasteiger partial charge on any atom is 0.159 e. The minimum atomic E-state index is 0.367. The van der Waals surface area contributed by atoms with E-state index in [4.69, 9.17) is 26.3 Å². The minimum Gasteiger partial charge on any atom is -0.497 e. The second-order valence-corrected chi connectivity index (χ2v) is 9.07. The number of hydrogen-bond donors (Lipinski definition) is 0. The van der Waals surface area contributed by atoms with Gasteiger partial charge in [-0.05, 0) is 73.5 Å². The van der Waals surface area contributed by atoms with E-state index in [1.807, 2.05) is 42.6 Å². The molecule has 5 nitrogen and oxygen atoms in total. The van der Waals surface area contributed by atoms with E-state index >= 15 is 0 Å². The fourth-order valence-electron chi connectivity index (χ4n) is 4.57. The summed E-state index contributed by atoms with van der Waals surface area (Å²) >= 11 is 6.05. The van der Waals surface area contributed by atoms with Crippen LogP contribution in [0.25, 0.3) is 22.5 Å². The number of likely N-dealkylation sites (tertiary alicyclic amines) is 1. The number of ether oxygens (including phenoxy) is 1. The minimum absolute atomic E-state index is 0.367. The summed E-state index contributed by atoms with van der Waals surface area (Å²) in [6.45, 7) is 3.00.